The summed E-state index contributed by atoms with van der Waals surface area (Å²) in [5.74, 6) is 2.54. The molecule has 2 rings (SSSR count). The number of nitrogens with zero attached hydrogens (tertiary/aromatic N) is 1. The lowest BCUT2D eigenvalue weighted by Gasteiger charge is -2.37. The van der Waals surface area contributed by atoms with Crippen LogP contribution in [0.1, 0.15) is 52.1 Å². The molecule has 1 aliphatic rings. The van der Waals surface area contributed by atoms with Crippen molar-refractivity contribution < 1.29 is 4.74 Å². The molecule has 0 atom stereocenters. The highest BCUT2D eigenvalue weighted by atomic mass is 16.5. The summed E-state index contributed by atoms with van der Waals surface area (Å²) in [6.07, 6.45) is 7.24. The molecule has 3 heteroatoms. The van der Waals surface area contributed by atoms with Gasteiger partial charge in [-0.3, -0.25) is 4.98 Å². The van der Waals surface area contributed by atoms with Crippen molar-refractivity contribution in [3.05, 3.63) is 18.0 Å². The van der Waals surface area contributed by atoms with E-state index in [1.54, 1.807) is 7.11 Å². The first-order valence-corrected chi connectivity index (χ1v) is 8.15. The number of methoxy groups -OCH3 is 1. The van der Waals surface area contributed by atoms with Crippen LogP contribution < -0.4 is 10.1 Å². The summed E-state index contributed by atoms with van der Waals surface area (Å²) in [4.78, 5) is 4.28. The predicted octanol–water partition coefficient (Wildman–Crippen LogP) is 4.66. The summed E-state index contributed by atoms with van der Waals surface area (Å²) in [6, 6.07) is 2.01. The second-order valence-corrected chi connectivity index (χ2v) is 7.44. The van der Waals surface area contributed by atoms with Gasteiger partial charge in [0, 0.05) is 12.7 Å². The normalized spacial score (nSPS) is 22.9. The van der Waals surface area contributed by atoms with Gasteiger partial charge in [-0.2, -0.15) is 0 Å². The van der Waals surface area contributed by atoms with Gasteiger partial charge in [-0.15, -0.1) is 0 Å². The standard InChI is InChI=1S/C18H30N2O/c1-13-17(21-5)16(10-11-19-13)20-12-14-6-8-15(9-7-14)18(2,3)4/h10-11,14-15H,6-9,12H2,1-5H3,(H,19,20)/t14-,15+. The van der Waals surface area contributed by atoms with Crippen molar-refractivity contribution in [3.63, 3.8) is 0 Å². The predicted molar refractivity (Wildman–Crippen MR) is 88.9 cm³/mol. The topological polar surface area (TPSA) is 34.1 Å². The number of aromatic nitrogens is 1. The number of pyridine rings is 1. The number of hydrogen-bond donors (Lipinski definition) is 1. The number of hydrogen-bond acceptors (Lipinski definition) is 3. The van der Waals surface area contributed by atoms with E-state index in [0.717, 1.165) is 35.5 Å². The number of ether oxygens (including phenoxy) is 1. The van der Waals surface area contributed by atoms with E-state index in [0.29, 0.717) is 5.41 Å². The van der Waals surface area contributed by atoms with Gasteiger partial charge < -0.3 is 10.1 Å². The van der Waals surface area contributed by atoms with Crippen molar-refractivity contribution >= 4 is 5.69 Å². The van der Waals surface area contributed by atoms with Crippen LogP contribution >= 0.6 is 0 Å². The average molecular weight is 290 g/mol. The van der Waals surface area contributed by atoms with Crippen LogP contribution in [0.5, 0.6) is 5.75 Å². The zero-order chi connectivity index (χ0) is 15.5. The lowest BCUT2D eigenvalue weighted by atomic mass is 9.70. The van der Waals surface area contributed by atoms with E-state index in [1.165, 1.54) is 25.7 Å². The minimum atomic E-state index is 0.462. The zero-order valence-electron chi connectivity index (χ0n) is 14.2. The molecule has 1 aromatic heterocycles. The maximum atomic E-state index is 5.45. The van der Waals surface area contributed by atoms with Crippen LogP contribution in [0.25, 0.3) is 0 Å². The fourth-order valence-electron chi connectivity index (χ4n) is 3.44. The molecule has 0 amide bonds. The SMILES string of the molecule is COc1c(NC[C@H]2CC[C@@H](C(C)(C)C)CC2)ccnc1C. The molecule has 1 saturated carbocycles. The molecule has 0 aromatic carbocycles. The third-order valence-corrected chi connectivity index (χ3v) is 4.94. The molecule has 1 aromatic rings. The Morgan fingerprint density at radius 3 is 2.48 bits per heavy atom. The summed E-state index contributed by atoms with van der Waals surface area (Å²) >= 11 is 0. The fourth-order valence-corrected chi connectivity index (χ4v) is 3.44. The quantitative estimate of drug-likeness (QED) is 0.875. The Kier molecular flexibility index (Phi) is 5.13. The Balaban J connectivity index is 1.87. The highest BCUT2D eigenvalue weighted by molar-refractivity contribution is 5.57. The summed E-state index contributed by atoms with van der Waals surface area (Å²) < 4.78 is 5.45. The van der Waals surface area contributed by atoms with Crippen LogP contribution in [-0.4, -0.2) is 18.6 Å². The molecule has 1 fully saturated rings. The first-order chi connectivity index (χ1) is 9.91. The van der Waals surface area contributed by atoms with E-state index in [-0.39, 0.29) is 0 Å². The molecule has 0 aliphatic heterocycles. The van der Waals surface area contributed by atoms with E-state index in [9.17, 15) is 0 Å². The van der Waals surface area contributed by atoms with Crippen LogP contribution in [-0.2, 0) is 0 Å². The number of nitrogens with one attached hydrogen (secondary N) is 1. The van der Waals surface area contributed by atoms with Crippen LogP contribution in [0.4, 0.5) is 5.69 Å². The maximum Gasteiger partial charge on any atom is 0.163 e. The molecule has 0 unspecified atom stereocenters. The van der Waals surface area contributed by atoms with Gasteiger partial charge in [-0.05, 0) is 55.9 Å². The van der Waals surface area contributed by atoms with Gasteiger partial charge in [0.25, 0.3) is 0 Å². The van der Waals surface area contributed by atoms with Crippen LogP contribution in [0.2, 0.25) is 0 Å². The summed E-state index contributed by atoms with van der Waals surface area (Å²) in [7, 11) is 1.71. The summed E-state index contributed by atoms with van der Waals surface area (Å²) in [5.41, 5.74) is 2.48. The van der Waals surface area contributed by atoms with E-state index >= 15 is 0 Å². The Labute approximate surface area is 129 Å². The molecule has 118 valence electrons. The van der Waals surface area contributed by atoms with Crippen molar-refractivity contribution in [3.8, 4) is 5.75 Å². The van der Waals surface area contributed by atoms with E-state index in [2.05, 4.69) is 31.1 Å². The second kappa shape index (κ2) is 6.67. The third kappa shape index (κ3) is 4.12. The highest BCUT2D eigenvalue weighted by Crippen LogP contribution is 2.40. The van der Waals surface area contributed by atoms with Gasteiger partial charge in [-0.25, -0.2) is 0 Å². The summed E-state index contributed by atoms with van der Waals surface area (Å²) in [6.45, 7) is 10.2. The Morgan fingerprint density at radius 2 is 1.90 bits per heavy atom. The second-order valence-electron chi connectivity index (χ2n) is 7.44. The Morgan fingerprint density at radius 1 is 1.24 bits per heavy atom. The van der Waals surface area contributed by atoms with Gasteiger partial charge in [0.15, 0.2) is 5.75 Å². The molecular formula is C18H30N2O. The van der Waals surface area contributed by atoms with Crippen molar-refractivity contribution in [2.45, 2.75) is 53.4 Å². The number of anilines is 1. The highest BCUT2D eigenvalue weighted by Gasteiger charge is 2.29. The van der Waals surface area contributed by atoms with E-state index < -0.39 is 0 Å². The molecule has 0 bridgehead atoms. The minimum absolute atomic E-state index is 0.462. The summed E-state index contributed by atoms with van der Waals surface area (Å²) in [5, 5.41) is 3.56. The van der Waals surface area contributed by atoms with Crippen molar-refractivity contribution in [1.29, 1.82) is 0 Å². The Hall–Kier alpha value is -1.25. The molecule has 3 nitrogen and oxygen atoms in total. The maximum absolute atomic E-state index is 5.45. The number of aryl methyl sites for hydroxylation is 1. The smallest absolute Gasteiger partial charge is 0.163 e. The molecular weight excluding hydrogens is 260 g/mol. The van der Waals surface area contributed by atoms with Crippen LogP contribution in [0.15, 0.2) is 12.3 Å². The van der Waals surface area contributed by atoms with Gasteiger partial charge in [0.1, 0.15) is 0 Å². The van der Waals surface area contributed by atoms with Crippen LogP contribution in [0.3, 0.4) is 0 Å². The van der Waals surface area contributed by atoms with Gasteiger partial charge >= 0.3 is 0 Å². The van der Waals surface area contributed by atoms with Crippen molar-refractivity contribution in [1.82, 2.24) is 4.98 Å². The molecule has 0 spiro atoms. The average Bonchev–Trinajstić information content (AvgIpc) is 2.44. The molecule has 0 radical (unpaired) electrons. The molecule has 1 heterocycles. The molecule has 0 saturated heterocycles. The zero-order valence-corrected chi connectivity index (χ0v) is 14.2. The van der Waals surface area contributed by atoms with E-state index in [1.807, 2.05) is 19.2 Å². The lowest BCUT2D eigenvalue weighted by molar-refractivity contribution is 0.153. The lowest BCUT2D eigenvalue weighted by Crippen LogP contribution is -2.28. The Bertz CT molecular complexity index is 457. The first-order valence-electron chi connectivity index (χ1n) is 8.15. The van der Waals surface area contributed by atoms with Gasteiger partial charge in [-0.1, -0.05) is 20.8 Å². The largest absolute Gasteiger partial charge is 0.493 e. The van der Waals surface area contributed by atoms with Crippen molar-refractivity contribution in [2.24, 2.45) is 17.3 Å². The minimum Gasteiger partial charge on any atom is -0.493 e. The number of rotatable bonds is 4. The van der Waals surface area contributed by atoms with Crippen molar-refractivity contribution in [2.75, 3.05) is 19.0 Å². The van der Waals surface area contributed by atoms with Gasteiger partial charge in [0.05, 0.1) is 18.5 Å². The van der Waals surface area contributed by atoms with Gasteiger partial charge in [0.2, 0.25) is 0 Å². The monoisotopic (exact) mass is 290 g/mol. The molecule has 21 heavy (non-hydrogen) atoms. The first kappa shape index (κ1) is 16.1. The molecule has 1 N–H and O–H groups in total. The fraction of sp³-hybridized carbons (Fsp3) is 0.722. The third-order valence-electron chi connectivity index (χ3n) is 4.94. The molecule has 1 aliphatic carbocycles. The van der Waals surface area contributed by atoms with Crippen LogP contribution in [0, 0.1) is 24.2 Å². The van der Waals surface area contributed by atoms with E-state index in [4.69, 9.17) is 4.74 Å².